The van der Waals surface area contributed by atoms with Gasteiger partial charge in [0.1, 0.15) is 5.88 Å². The molecule has 0 radical (unpaired) electrons. The molecule has 0 aliphatic rings. The van der Waals surface area contributed by atoms with Crippen LogP contribution in [0.5, 0.6) is 0 Å². The van der Waals surface area contributed by atoms with Gasteiger partial charge in [-0.25, -0.2) is 8.78 Å². The van der Waals surface area contributed by atoms with Crippen molar-refractivity contribution >= 4 is 34.0 Å². The van der Waals surface area contributed by atoms with Gasteiger partial charge in [-0.3, -0.25) is 10.1 Å². The van der Waals surface area contributed by atoms with Gasteiger partial charge in [0.15, 0.2) is 16.6 Å². The number of carbonyl (C=O) groups excluding carboxylic acids is 1. The number of alkyl halides is 1. The van der Waals surface area contributed by atoms with Crippen molar-refractivity contribution in [3.63, 3.8) is 0 Å². The fourth-order valence-electron chi connectivity index (χ4n) is 1.20. The smallest absolute Gasteiger partial charge is 0.241 e. The molecule has 2 rings (SSSR count). The van der Waals surface area contributed by atoms with Gasteiger partial charge in [0.25, 0.3) is 0 Å². The van der Waals surface area contributed by atoms with Crippen molar-refractivity contribution < 1.29 is 13.6 Å². The number of nitrogens with zero attached hydrogens (tertiary/aromatic N) is 2. The third-order valence-corrected chi connectivity index (χ3v) is 3.09. The predicted octanol–water partition coefficient (Wildman–Crippen LogP) is 2.66. The van der Waals surface area contributed by atoms with E-state index < -0.39 is 17.5 Å². The molecular formula is C10H6ClF2N3OS. The first kappa shape index (κ1) is 12.8. The summed E-state index contributed by atoms with van der Waals surface area (Å²) in [7, 11) is 0. The van der Waals surface area contributed by atoms with Crippen molar-refractivity contribution in [2.75, 3.05) is 11.2 Å². The number of benzene rings is 1. The van der Waals surface area contributed by atoms with E-state index >= 15 is 0 Å². The van der Waals surface area contributed by atoms with Crippen LogP contribution in [0, 0.1) is 11.6 Å². The number of halogens is 3. The second-order valence-corrected chi connectivity index (χ2v) is 4.44. The van der Waals surface area contributed by atoms with E-state index in [1.165, 1.54) is 12.1 Å². The number of amides is 1. The number of carbonyl (C=O) groups is 1. The van der Waals surface area contributed by atoms with Gasteiger partial charge in [0.2, 0.25) is 11.0 Å². The summed E-state index contributed by atoms with van der Waals surface area (Å²) in [6, 6.07) is 3.76. The van der Waals surface area contributed by atoms with Gasteiger partial charge in [-0.1, -0.05) is 17.4 Å². The van der Waals surface area contributed by atoms with Crippen LogP contribution in [0.2, 0.25) is 0 Å². The number of aromatic nitrogens is 2. The van der Waals surface area contributed by atoms with Crippen molar-refractivity contribution in [1.82, 2.24) is 10.2 Å². The first-order valence-corrected chi connectivity index (χ1v) is 6.10. The summed E-state index contributed by atoms with van der Waals surface area (Å²) < 4.78 is 26.5. The minimum atomic E-state index is -0.996. The Morgan fingerprint density at radius 2 is 2.17 bits per heavy atom. The SMILES string of the molecule is O=C(CCl)Nc1nnc(-c2cccc(F)c2F)s1. The molecular weight excluding hydrogens is 284 g/mol. The highest BCUT2D eigenvalue weighted by molar-refractivity contribution is 7.18. The fourth-order valence-corrected chi connectivity index (χ4v) is 2.05. The fraction of sp³-hybridized carbons (Fsp3) is 0.100. The Morgan fingerprint density at radius 1 is 1.39 bits per heavy atom. The largest absolute Gasteiger partial charge is 0.299 e. The molecule has 0 spiro atoms. The number of nitrogens with one attached hydrogen (secondary N) is 1. The van der Waals surface area contributed by atoms with E-state index in [-0.39, 0.29) is 21.6 Å². The molecule has 1 N–H and O–H groups in total. The van der Waals surface area contributed by atoms with Gasteiger partial charge in [0, 0.05) is 0 Å². The summed E-state index contributed by atoms with van der Waals surface area (Å²) in [6.07, 6.45) is 0. The van der Waals surface area contributed by atoms with Gasteiger partial charge in [0.05, 0.1) is 5.56 Å². The lowest BCUT2D eigenvalue weighted by Crippen LogP contribution is -2.12. The Balaban J connectivity index is 2.29. The number of rotatable bonds is 3. The maximum atomic E-state index is 13.5. The van der Waals surface area contributed by atoms with Crippen molar-refractivity contribution in [2.24, 2.45) is 0 Å². The van der Waals surface area contributed by atoms with Crippen LogP contribution >= 0.6 is 22.9 Å². The van der Waals surface area contributed by atoms with E-state index in [4.69, 9.17) is 11.6 Å². The van der Waals surface area contributed by atoms with Crippen LogP contribution in [0.1, 0.15) is 0 Å². The van der Waals surface area contributed by atoms with E-state index in [0.29, 0.717) is 0 Å². The van der Waals surface area contributed by atoms with Gasteiger partial charge >= 0.3 is 0 Å². The maximum absolute atomic E-state index is 13.5. The molecule has 1 aromatic carbocycles. The van der Waals surface area contributed by atoms with Gasteiger partial charge in [-0.2, -0.15) is 0 Å². The summed E-state index contributed by atoms with van der Waals surface area (Å²) >= 11 is 6.24. The highest BCUT2D eigenvalue weighted by Crippen LogP contribution is 2.29. The van der Waals surface area contributed by atoms with Crippen LogP contribution in [0.15, 0.2) is 18.2 Å². The molecule has 0 aliphatic carbocycles. The molecule has 0 unspecified atom stereocenters. The minimum Gasteiger partial charge on any atom is -0.299 e. The Hall–Kier alpha value is -1.60. The number of hydrogen-bond donors (Lipinski definition) is 1. The lowest BCUT2D eigenvalue weighted by molar-refractivity contribution is -0.113. The molecule has 94 valence electrons. The summed E-state index contributed by atoms with van der Waals surface area (Å²) in [5.41, 5.74) is -0.00104. The average Bonchev–Trinajstić information content (AvgIpc) is 2.80. The van der Waals surface area contributed by atoms with Crippen molar-refractivity contribution in [3.8, 4) is 10.6 Å². The van der Waals surface area contributed by atoms with Gasteiger partial charge < -0.3 is 0 Å². The standard InChI is InChI=1S/C10H6ClF2N3OS/c11-4-7(17)14-10-16-15-9(18-10)5-2-1-3-6(12)8(5)13/h1-3H,4H2,(H,14,16,17). The molecule has 1 amide bonds. The van der Waals surface area contributed by atoms with Gasteiger partial charge in [-0.15, -0.1) is 21.8 Å². The maximum Gasteiger partial charge on any atom is 0.241 e. The van der Waals surface area contributed by atoms with E-state index in [2.05, 4.69) is 15.5 Å². The van der Waals surface area contributed by atoms with Crippen LogP contribution in [-0.2, 0) is 4.79 Å². The van der Waals surface area contributed by atoms with Crippen molar-refractivity contribution in [1.29, 1.82) is 0 Å². The molecule has 4 nitrogen and oxygen atoms in total. The molecule has 0 atom stereocenters. The summed E-state index contributed by atoms with van der Waals surface area (Å²) in [4.78, 5) is 11.0. The van der Waals surface area contributed by atoms with E-state index in [1.54, 1.807) is 0 Å². The minimum absolute atomic E-state index is 0.00104. The number of anilines is 1. The van der Waals surface area contributed by atoms with Crippen LogP contribution in [-0.4, -0.2) is 22.0 Å². The molecule has 1 heterocycles. The predicted molar refractivity (Wildman–Crippen MR) is 64.6 cm³/mol. The third kappa shape index (κ3) is 2.62. The van der Waals surface area contributed by atoms with Crippen LogP contribution in [0.3, 0.4) is 0 Å². The second-order valence-electron chi connectivity index (χ2n) is 3.20. The zero-order valence-electron chi connectivity index (χ0n) is 8.78. The average molecular weight is 290 g/mol. The van der Waals surface area contributed by atoms with Crippen LogP contribution in [0.25, 0.3) is 10.6 Å². The molecule has 0 fully saturated rings. The first-order valence-electron chi connectivity index (χ1n) is 4.75. The van der Waals surface area contributed by atoms with Crippen LogP contribution in [0.4, 0.5) is 13.9 Å². The van der Waals surface area contributed by atoms with E-state index in [0.717, 1.165) is 17.4 Å². The lowest BCUT2D eigenvalue weighted by Gasteiger charge is -1.98. The molecule has 8 heteroatoms. The summed E-state index contributed by atoms with van der Waals surface area (Å²) in [6.45, 7) is 0. The van der Waals surface area contributed by atoms with E-state index in [9.17, 15) is 13.6 Å². The zero-order chi connectivity index (χ0) is 13.1. The monoisotopic (exact) mass is 289 g/mol. The zero-order valence-corrected chi connectivity index (χ0v) is 10.4. The Labute approximate surface area is 110 Å². The van der Waals surface area contributed by atoms with Crippen molar-refractivity contribution in [2.45, 2.75) is 0 Å². The molecule has 0 saturated carbocycles. The van der Waals surface area contributed by atoms with E-state index in [1.807, 2.05) is 0 Å². The molecule has 1 aromatic heterocycles. The summed E-state index contributed by atoms with van der Waals surface area (Å²) in [5.74, 6) is -2.62. The van der Waals surface area contributed by atoms with Crippen molar-refractivity contribution in [3.05, 3.63) is 29.8 Å². The Kier molecular flexibility index (Phi) is 3.83. The topological polar surface area (TPSA) is 54.9 Å². The lowest BCUT2D eigenvalue weighted by atomic mass is 10.2. The highest BCUT2D eigenvalue weighted by Gasteiger charge is 2.14. The second kappa shape index (κ2) is 5.36. The Bertz CT molecular complexity index is 590. The van der Waals surface area contributed by atoms with Gasteiger partial charge in [-0.05, 0) is 12.1 Å². The normalized spacial score (nSPS) is 10.4. The third-order valence-electron chi connectivity index (χ3n) is 1.97. The molecule has 18 heavy (non-hydrogen) atoms. The first-order chi connectivity index (χ1) is 8.61. The summed E-state index contributed by atoms with van der Waals surface area (Å²) in [5, 5.41) is 10.1. The quantitative estimate of drug-likeness (QED) is 0.884. The van der Waals surface area contributed by atoms with Crippen LogP contribution < -0.4 is 5.32 Å². The molecule has 0 bridgehead atoms. The highest BCUT2D eigenvalue weighted by atomic mass is 35.5. The number of hydrogen-bond acceptors (Lipinski definition) is 4. The Morgan fingerprint density at radius 3 is 2.89 bits per heavy atom. The molecule has 2 aromatic rings. The molecule has 0 saturated heterocycles. The molecule has 0 aliphatic heterocycles.